The first-order chi connectivity index (χ1) is 8.79. The van der Waals surface area contributed by atoms with Crippen molar-refractivity contribution in [3.63, 3.8) is 0 Å². The molecular formula is C13H23N5. The van der Waals surface area contributed by atoms with Crippen LogP contribution in [0.4, 0.5) is 5.95 Å². The smallest absolute Gasteiger partial charge is 0.203 e. The van der Waals surface area contributed by atoms with E-state index in [9.17, 15) is 0 Å². The summed E-state index contributed by atoms with van der Waals surface area (Å²) in [5.74, 6) is 1.63. The van der Waals surface area contributed by atoms with Crippen LogP contribution in [-0.2, 0) is 13.1 Å². The molecule has 3 N–H and O–H groups in total. The molecule has 1 aromatic heterocycles. The van der Waals surface area contributed by atoms with Gasteiger partial charge >= 0.3 is 0 Å². The Balaban J connectivity index is 1.89. The largest absolute Gasteiger partial charge is 0.356 e. The molecule has 0 unspecified atom stereocenters. The maximum absolute atomic E-state index is 5.95. The van der Waals surface area contributed by atoms with Crippen molar-refractivity contribution in [2.45, 2.75) is 38.3 Å². The third-order valence-corrected chi connectivity index (χ3v) is 4.24. The Morgan fingerprint density at radius 2 is 2.11 bits per heavy atom. The molecular weight excluding hydrogens is 226 g/mol. The number of nitrogens with zero attached hydrogens (tertiary/aromatic N) is 3. The lowest BCUT2D eigenvalue weighted by molar-refractivity contribution is 0.253. The second-order valence-electron chi connectivity index (χ2n) is 5.48. The van der Waals surface area contributed by atoms with Crippen LogP contribution in [0, 0.1) is 0 Å². The summed E-state index contributed by atoms with van der Waals surface area (Å²) >= 11 is 0. The van der Waals surface area contributed by atoms with E-state index >= 15 is 0 Å². The number of rotatable bonds is 2. The molecule has 5 heteroatoms. The minimum atomic E-state index is 0.597. The number of hydrogen-bond donors (Lipinski definition) is 2. The molecule has 1 aromatic rings. The predicted octanol–water partition coefficient (Wildman–Crippen LogP) is 0.967. The molecule has 0 atom stereocenters. The van der Waals surface area contributed by atoms with Crippen molar-refractivity contribution in [2.24, 2.45) is 5.73 Å². The van der Waals surface area contributed by atoms with E-state index in [0.717, 1.165) is 19.0 Å². The maximum Gasteiger partial charge on any atom is 0.203 e. The van der Waals surface area contributed by atoms with Crippen LogP contribution in [0.3, 0.4) is 0 Å². The van der Waals surface area contributed by atoms with E-state index < -0.39 is 0 Å². The van der Waals surface area contributed by atoms with Gasteiger partial charge in [0.2, 0.25) is 5.95 Å². The van der Waals surface area contributed by atoms with E-state index in [1.54, 1.807) is 0 Å². The molecule has 18 heavy (non-hydrogen) atoms. The first-order valence-corrected chi connectivity index (χ1v) is 7.01. The third kappa shape index (κ3) is 2.01. The van der Waals surface area contributed by atoms with E-state index in [1.807, 2.05) is 0 Å². The molecule has 100 valence electrons. The maximum atomic E-state index is 5.95. The Morgan fingerprint density at radius 1 is 1.33 bits per heavy atom. The minimum Gasteiger partial charge on any atom is -0.356 e. The summed E-state index contributed by atoms with van der Waals surface area (Å²) in [6.45, 7) is 5.05. The lowest BCUT2D eigenvalue weighted by Gasteiger charge is -2.28. The Kier molecular flexibility index (Phi) is 3.26. The van der Waals surface area contributed by atoms with Crippen LogP contribution in [0.25, 0.3) is 0 Å². The number of aromatic nitrogens is 2. The number of piperidine rings is 1. The number of hydrogen-bond acceptors (Lipinski definition) is 4. The molecule has 0 aromatic carbocycles. The van der Waals surface area contributed by atoms with Crippen molar-refractivity contribution >= 4 is 5.95 Å². The van der Waals surface area contributed by atoms with Gasteiger partial charge in [-0.15, -0.1) is 0 Å². The zero-order valence-corrected chi connectivity index (χ0v) is 11.2. The molecule has 0 bridgehead atoms. The van der Waals surface area contributed by atoms with Gasteiger partial charge in [-0.05, 0) is 39.4 Å². The highest BCUT2D eigenvalue weighted by Gasteiger charge is 2.26. The molecule has 0 spiro atoms. The van der Waals surface area contributed by atoms with Gasteiger partial charge in [0.05, 0.1) is 11.4 Å². The monoisotopic (exact) mass is 249 g/mol. The normalized spacial score (nSPS) is 21.7. The van der Waals surface area contributed by atoms with E-state index in [1.165, 1.54) is 43.7 Å². The zero-order chi connectivity index (χ0) is 12.5. The molecule has 3 heterocycles. The summed E-state index contributed by atoms with van der Waals surface area (Å²) in [4.78, 5) is 7.22. The topological polar surface area (TPSA) is 59.1 Å². The minimum absolute atomic E-state index is 0.597. The summed E-state index contributed by atoms with van der Waals surface area (Å²) in [7, 11) is 2.19. The van der Waals surface area contributed by atoms with E-state index in [0.29, 0.717) is 12.5 Å². The molecule has 5 nitrogen and oxygen atoms in total. The highest BCUT2D eigenvalue weighted by atomic mass is 15.2. The predicted molar refractivity (Wildman–Crippen MR) is 72.7 cm³/mol. The Morgan fingerprint density at radius 3 is 2.83 bits per heavy atom. The van der Waals surface area contributed by atoms with Crippen molar-refractivity contribution < 1.29 is 0 Å². The molecule has 0 radical (unpaired) electrons. The number of imidazole rings is 1. The number of fused-ring (bicyclic) bond motifs is 1. The fourth-order valence-electron chi connectivity index (χ4n) is 3.14. The summed E-state index contributed by atoms with van der Waals surface area (Å²) in [6, 6.07) is 0. The van der Waals surface area contributed by atoms with Gasteiger partial charge in [-0.2, -0.15) is 0 Å². The molecule has 0 saturated carbocycles. The van der Waals surface area contributed by atoms with Crippen molar-refractivity contribution in [3.05, 3.63) is 11.4 Å². The van der Waals surface area contributed by atoms with Gasteiger partial charge in [-0.1, -0.05) is 0 Å². The van der Waals surface area contributed by atoms with Crippen molar-refractivity contribution in [1.29, 1.82) is 0 Å². The second kappa shape index (κ2) is 4.90. The fourth-order valence-corrected chi connectivity index (χ4v) is 3.14. The highest BCUT2D eigenvalue weighted by Crippen LogP contribution is 2.32. The zero-order valence-electron chi connectivity index (χ0n) is 11.2. The second-order valence-corrected chi connectivity index (χ2v) is 5.48. The standard InChI is InChI=1S/C13H23N5/c1-17-7-3-10(4-8-17)12-11(9-14)18-6-2-5-15-13(18)16-12/h10H,2-9,14H2,1H3,(H,15,16). The van der Waals surface area contributed by atoms with Crippen LogP contribution in [-0.4, -0.2) is 41.1 Å². The number of anilines is 1. The van der Waals surface area contributed by atoms with Gasteiger partial charge in [0.15, 0.2) is 0 Å². The average molecular weight is 249 g/mol. The molecule has 3 rings (SSSR count). The van der Waals surface area contributed by atoms with Crippen molar-refractivity contribution in [1.82, 2.24) is 14.5 Å². The van der Waals surface area contributed by atoms with Gasteiger partial charge in [-0.25, -0.2) is 4.98 Å². The highest BCUT2D eigenvalue weighted by molar-refractivity contribution is 5.37. The van der Waals surface area contributed by atoms with Crippen LogP contribution >= 0.6 is 0 Å². The number of likely N-dealkylation sites (tertiary alicyclic amines) is 1. The van der Waals surface area contributed by atoms with Gasteiger partial charge in [0.1, 0.15) is 0 Å². The van der Waals surface area contributed by atoms with Gasteiger partial charge < -0.3 is 20.5 Å². The quantitative estimate of drug-likeness (QED) is 0.820. The molecule has 1 fully saturated rings. The van der Waals surface area contributed by atoms with Crippen LogP contribution in [0.2, 0.25) is 0 Å². The van der Waals surface area contributed by atoms with Crippen LogP contribution in [0.5, 0.6) is 0 Å². The van der Waals surface area contributed by atoms with E-state index in [4.69, 9.17) is 10.7 Å². The molecule has 2 aliphatic rings. The van der Waals surface area contributed by atoms with Crippen molar-refractivity contribution in [3.8, 4) is 0 Å². The summed E-state index contributed by atoms with van der Waals surface area (Å²) in [5.41, 5.74) is 8.47. The van der Waals surface area contributed by atoms with E-state index in [-0.39, 0.29) is 0 Å². The summed E-state index contributed by atoms with van der Waals surface area (Å²) in [5, 5.41) is 3.39. The van der Waals surface area contributed by atoms with E-state index in [2.05, 4.69) is 21.8 Å². The average Bonchev–Trinajstić information content (AvgIpc) is 2.78. The van der Waals surface area contributed by atoms with Gasteiger partial charge in [-0.3, -0.25) is 0 Å². The fraction of sp³-hybridized carbons (Fsp3) is 0.769. The van der Waals surface area contributed by atoms with Crippen LogP contribution < -0.4 is 11.1 Å². The first kappa shape index (κ1) is 12.0. The Labute approximate surface area is 108 Å². The lowest BCUT2D eigenvalue weighted by Crippen LogP contribution is -2.30. The Hall–Kier alpha value is -1.07. The van der Waals surface area contributed by atoms with Gasteiger partial charge in [0, 0.05) is 25.6 Å². The van der Waals surface area contributed by atoms with Crippen molar-refractivity contribution in [2.75, 3.05) is 32.0 Å². The Bertz CT molecular complexity index is 417. The molecule has 0 aliphatic carbocycles. The number of nitrogens with two attached hydrogens (primary N) is 1. The third-order valence-electron chi connectivity index (χ3n) is 4.24. The van der Waals surface area contributed by atoms with Crippen LogP contribution in [0.15, 0.2) is 0 Å². The summed E-state index contributed by atoms with van der Waals surface area (Å²) in [6.07, 6.45) is 3.59. The van der Waals surface area contributed by atoms with Crippen LogP contribution in [0.1, 0.15) is 36.6 Å². The first-order valence-electron chi connectivity index (χ1n) is 7.01. The molecule has 1 saturated heterocycles. The summed E-state index contributed by atoms with van der Waals surface area (Å²) < 4.78 is 2.29. The SMILES string of the molecule is CN1CCC(c2nc3n(c2CN)CCCN3)CC1. The van der Waals surface area contributed by atoms with Gasteiger partial charge in [0.25, 0.3) is 0 Å². The molecule has 0 amide bonds. The molecule has 2 aliphatic heterocycles. The lowest BCUT2D eigenvalue weighted by atomic mass is 9.92. The number of nitrogens with one attached hydrogen (secondary N) is 1.